The normalized spacial score (nSPS) is 7.11. The van der Waals surface area contributed by atoms with E-state index in [1.54, 1.807) is 114 Å². The van der Waals surface area contributed by atoms with Gasteiger partial charge >= 0.3 is 0 Å². The fraction of sp³-hybridized carbons (Fsp3) is 1.00. The molecule has 694 valence electrons. The third-order valence-electron chi connectivity index (χ3n) is 4.87. The van der Waals surface area contributed by atoms with Crippen molar-refractivity contribution in [1.82, 2.24) is 34.3 Å². The molecule has 0 saturated carbocycles. The van der Waals surface area contributed by atoms with Gasteiger partial charge in [0.1, 0.15) is 0 Å². The minimum Gasteiger partial charge on any atom is -0.368 e. The molecule has 0 aromatic heterocycles. The summed E-state index contributed by atoms with van der Waals surface area (Å²) in [5.74, 6) is 0.375. The molecule has 0 saturated heterocycles. The summed E-state index contributed by atoms with van der Waals surface area (Å²) in [5, 5.41) is 132. The third kappa shape index (κ3) is 907. The second-order valence-electron chi connectivity index (χ2n) is 14.4. The van der Waals surface area contributed by atoms with Crippen LogP contribution < -0.4 is 0 Å². The molecule has 0 aromatic carbocycles. The number of nitrogens with zero attached hydrogens (tertiary/aromatic N) is 7. The Labute approximate surface area is 666 Å². The molecule has 0 aliphatic heterocycles. The van der Waals surface area contributed by atoms with E-state index in [1.165, 1.54) is 0 Å². The molecular formula is C80H243N7O16. The Morgan fingerprint density at radius 1 is 0.175 bits per heavy atom. The van der Waals surface area contributed by atoms with Gasteiger partial charge in [-0.3, -0.25) is 0 Å². The molecule has 0 unspecified atom stereocenters. The molecule has 103 heavy (non-hydrogen) atoms. The Bertz CT molecular complexity index is 555. The molecule has 0 fully saturated rings. The first-order valence-electron chi connectivity index (χ1n) is 34.0. The lowest BCUT2D eigenvalue weighted by atomic mass is 10.1. The van der Waals surface area contributed by atoms with Crippen molar-refractivity contribution in [2.75, 3.05) is 144 Å². The summed E-state index contributed by atoms with van der Waals surface area (Å²) in [5.41, 5.74) is 0. The van der Waals surface area contributed by atoms with E-state index in [-0.39, 0.29) is 104 Å². The Morgan fingerprint density at radius 3 is 0.272 bits per heavy atom. The van der Waals surface area contributed by atoms with Crippen molar-refractivity contribution in [1.29, 1.82) is 0 Å². The minimum absolute atomic E-state index is 0. The highest BCUT2D eigenvalue weighted by Gasteiger charge is 2.01. The molecule has 0 atom stereocenters. The van der Waals surface area contributed by atoms with Crippen molar-refractivity contribution >= 4 is 0 Å². The molecule has 0 rings (SSSR count). The van der Waals surface area contributed by atoms with Crippen LogP contribution in [0.1, 0.15) is 353 Å². The van der Waals surface area contributed by atoms with Crippen LogP contribution >= 0.6 is 0 Å². The summed E-state index contributed by atoms with van der Waals surface area (Å²) in [6.45, 7) is 72.9. The van der Waals surface area contributed by atoms with Crippen LogP contribution in [0.2, 0.25) is 0 Å². The molecule has 0 radical (unpaired) electrons. The van der Waals surface area contributed by atoms with Crippen LogP contribution in [0.25, 0.3) is 0 Å². The summed E-state index contributed by atoms with van der Waals surface area (Å²) in [6.07, 6.45) is -9.04. The largest absolute Gasteiger partial charge is 0.368 e. The van der Waals surface area contributed by atoms with Crippen molar-refractivity contribution < 1.29 is 81.7 Å². The first-order chi connectivity index (χ1) is 41.5. The molecule has 0 aliphatic rings. The van der Waals surface area contributed by atoms with Crippen molar-refractivity contribution in [2.45, 2.75) is 403 Å². The molecule has 0 bridgehead atoms. The lowest BCUT2D eigenvalue weighted by Crippen LogP contribution is -2.28. The molecular weight excluding hydrogens is 1310 g/mol. The predicted octanol–water partition coefficient (Wildman–Crippen LogP) is 18.1. The van der Waals surface area contributed by atoms with Crippen LogP contribution in [0, 0.1) is 5.92 Å². The number of hydrogen-bond acceptors (Lipinski definition) is 23. The average molecular weight is 1560 g/mol. The Balaban J connectivity index is -0.0000000121. The molecule has 23 nitrogen and oxygen atoms in total. The molecule has 0 spiro atoms. The van der Waals surface area contributed by atoms with E-state index < -0.39 is 50.3 Å². The first kappa shape index (κ1) is 254. The maximum atomic E-state index is 8.37. The lowest BCUT2D eigenvalue weighted by molar-refractivity contribution is -0.0569. The second-order valence-corrected chi connectivity index (χ2v) is 14.4. The monoisotopic (exact) mass is 1560 g/mol. The van der Waals surface area contributed by atoms with Crippen molar-refractivity contribution in [3.8, 4) is 0 Å². The zero-order valence-corrected chi connectivity index (χ0v) is 69.8. The van der Waals surface area contributed by atoms with Crippen molar-refractivity contribution in [3.05, 3.63) is 0 Å². The third-order valence-corrected chi connectivity index (χ3v) is 4.87. The molecule has 0 aliphatic carbocycles. The topological polar surface area (TPSA) is 346 Å². The average Bonchev–Trinajstić information content (AvgIpc) is 3.48. The summed E-state index contributed by atoms with van der Waals surface area (Å²) in [4.78, 5) is 12.0. The maximum Gasteiger partial charge on any atom is 0.164 e. The first-order valence-corrected chi connectivity index (χ1v) is 34.0. The fourth-order valence-electron chi connectivity index (χ4n) is 2.79. The molecule has 0 aromatic rings. The van der Waals surface area contributed by atoms with Crippen LogP contribution in [-0.4, -0.2) is 310 Å². The van der Waals surface area contributed by atoms with Gasteiger partial charge in [-0.2, -0.15) is 0 Å². The number of likely N-dealkylation sites (N-methyl/N-ethyl adjacent to an activating group) is 7. The van der Waals surface area contributed by atoms with Gasteiger partial charge in [-0.15, -0.1) is 0 Å². The van der Waals surface area contributed by atoms with Crippen molar-refractivity contribution in [2.24, 2.45) is 5.92 Å². The summed E-state index contributed by atoms with van der Waals surface area (Å²) < 4.78 is 0. The molecule has 16 N–H and O–H groups in total. The second kappa shape index (κ2) is 322. The van der Waals surface area contributed by atoms with E-state index in [2.05, 4.69) is 0 Å². The number of rotatable bonds is 17. The van der Waals surface area contributed by atoms with E-state index in [9.17, 15) is 0 Å². The number of hydrogen-bond donors (Lipinski definition) is 16. The van der Waals surface area contributed by atoms with Crippen LogP contribution in [-0.2, 0) is 0 Å². The van der Waals surface area contributed by atoms with Gasteiger partial charge in [0.15, 0.2) is 50.3 Å². The van der Waals surface area contributed by atoms with Gasteiger partial charge in [-0.25, -0.2) is 0 Å². The van der Waals surface area contributed by atoms with E-state index in [0.717, 1.165) is 6.54 Å². The number of aliphatic hydroxyl groups is 16. The van der Waals surface area contributed by atoms with Crippen LogP contribution in [0.5, 0.6) is 0 Å². The smallest absolute Gasteiger partial charge is 0.164 e. The fourth-order valence-corrected chi connectivity index (χ4v) is 2.79. The van der Waals surface area contributed by atoms with Gasteiger partial charge in [-0.05, 0) is 104 Å². The Kier molecular flexibility index (Phi) is 794. The van der Waals surface area contributed by atoms with Crippen LogP contribution in [0.3, 0.4) is 0 Å². The Hall–Kier alpha value is -0.920. The van der Waals surface area contributed by atoms with Gasteiger partial charge in [0.25, 0.3) is 0 Å². The maximum absolute atomic E-state index is 8.37. The summed E-state index contributed by atoms with van der Waals surface area (Å²) in [7, 11) is 23.2. The van der Waals surface area contributed by atoms with Crippen LogP contribution in [0.4, 0.5) is 0 Å². The van der Waals surface area contributed by atoms with Gasteiger partial charge in [0, 0.05) is 52.2 Å². The predicted molar refractivity (Wildman–Crippen MR) is 496 cm³/mol. The van der Waals surface area contributed by atoms with E-state index >= 15 is 0 Å². The highest BCUT2D eigenvalue weighted by atomic mass is 16.5. The summed E-state index contributed by atoms with van der Waals surface area (Å²) >= 11 is 0. The standard InChI is InChI=1S/C5H13NO2.C5H12O2.6C4H11NO2.16C2H6.14CH4/c1-3-6(2)4-5(7)8;1-4(2)3-5(6)7;6*1-5(2)3-4(6)7;16*1-2;;;;;;;;;;;;;;/h5,7-8H,3-4H2,1-2H3;4-7H,3H2,1-2H3;6*4,6-7H,3H2,1-2H3;16*1-2H3;14*1H4. The lowest BCUT2D eigenvalue weighted by Gasteiger charge is -2.13. The van der Waals surface area contributed by atoms with E-state index in [4.69, 9.17) is 81.7 Å². The van der Waals surface area contributed by atoms with Gasteiger partial charge < -0.3 is 116 Å². The van der Waals surface area contributed by atoms with E-state index in [1.807, 2.05) is 254 Å². The zero-order valence-electron chi connectivity index (χ0n) is 69.8. The molecule has 0 amide bonds. The van der Waals surface area contributed by atoms with E-state index in [0.29, 0.717) is 58.2 Å². The quantitative estimate of drug-likeness (QED) is 0.0602. The van der Waals surface area contributed by atoms with Crippen LogP contribution in [0.15, 0.2) is 0 Å². The van der Waals surface area contributed by atoms with Crippen molar-refractivity contribution in [3.63, 3.8) is 0 Å². The van der Waals surface area contributed by atoms with Gasteiger partial charge in [0.2, 0.25) is 0 Å². The SMILES string of the molecule is C.C.C.C.C.C.C.C.C.C.C.C.C.C.CC.CC.CC.CC.CC.CC.CC.CC.CC.CC.CC.CC.CC.CC.CC.CC.CC(C)CC(O)O.CCN(C)CC(O)O.CN(C)CC(O)O.CN(C)CC(O)O.CN(C)CC(O)O.CN(C)CC(O)O.CN(C)CC(O)O.CN(C)CC(O)O. The highest BCUT2D eigenvalue weighted by molar-refractivity contribution is 4.47. The zero-order chi connectivity index (χ0) is 79.6. The minimum atomic E-state index is -1.20. The Morgan fingerprint density at radius 2 is 0.262 bits per heavy atom. The summed E-state index contributed by atoms with van der Waals surface area (Å²) in [6, 6.07) is 0. The van der Waals surface area contributed by atoms with Gasteiger partial charge in [-0.1, -0.05) is 346 Å². The number of aliphatic hydroxyl groups excluding tert-OH is 8. The molecule has 0 heterocycles. The molecule has 23 heteroatoms. The highest BCUT2D eigenvalue weighted by Crippen LogP contribution is 2.00. The van der Waals surface area contributed by atoms with Gasteiger partial charge in [0.05, 0.1) is 0 Å².